The number of anilines is 1. The molecule has 21 heavy (non-hydrogen) atoms. The largest absolute Gasteiger partial charge is 0.398 e. The number of nitrogens with zero attached hydrogens (tertiary/aromatic N) is 2. The molecular weight excluding hydrogens is 310 g/mol. The number of halogens is 1. The number of sulfone groups is 1. The van der Waals surface area contributed by atoms with Crippen molar-refractivity contribution in [3.63, 3.8) is 0 Å². The van der Waals surface area contributed by atoms with E-state index in [-0.39, 0.29) is 16.3 Å². The van der Waals surface area contributed by atoms with E-state index in [0.717, 1.165) is 5.56 Å². The first-order chi connectivity index (χ1) is 9.76. The molecule has 0 fully saturated rings. The van der Waals surface area contributed by atoms with E-state index >= 15 is 0 Å². The molecule has 1 aromatic carbocycles. The van der Waals surface area contributed by atoms with Crippen LogP contribution < -0.4 is 5.73 Å². The topological polar surface area (TPSA) is 78.0 Å². The third kappa shape index (κ3) is 3.06. The van der Waals surface area contributed by atoms with E-state index < -0.39 is 9.84 Å². The van der Waals surface area contributed by atoms with E-state index in [0.29, 0.717) is 23.0 Å². The van der Waals surface area contributed by atoms with Crippen molar-refractivity contribution >= 4 is 27.1 Å². The Bertz CT molecular complexity index is 782. The van der Waals surface area contributed by atoms with Gasteiger partial charge < -0.3 is 5.73 Å². The maximum atomic E-state index is 12.6. The predicted molar refractivity (Wildman–Crippen MR) is 84.1 cm³/mol. The van der Waals surface area contributed by atoms with Crippen molar-refractivity contribution in [1.29, 1.82) is 0 Å². The lowest BCUT2D eigenvalue weighted by molar-refractivity contribution is 0.586. The SMILES string of the molecule is CCn1nc(C)c(Cl)c1CS(=O)(=O)c1ccc(C)cc1N. The lowest BCUT2D eigenvalue weighted by atomic mass is 10.2. The number of hydrogen-bond acceptors (Lipinski definition) is 4. The minimum absolute atomic E-state index is 0.130. The summed E-state index contributed by atoms with van der Waals surface area (Å²) in [6.07, 6.45) is 0. The highest BCUT2D eigenvalue weighted by Gasteiger charge is 2.23. The number of aromatic nitrogens is 2. The third-order valence-corrected chi connectivity index (χ3v) is 5.47. The van der Waals surface area contributed by atoms with E-state index in [1.165, 1.54) is 6.07 Å². The number of benzene rings is 1. The van der Waals surface area contributed by atoms with Crippen LogP contribution in [0.2, 0.25) is 5.02 Å². The third-order valence-electron chi connectivity index (χ3n) is 3.28. The molecule has 0 saturated carbocycles. The number of aryl methyl sites for hydroxylation is 3. The maximum absolute atomic E-state index is 12.6. The van der Waals surface area contributed by atoms with Gasteiger partial charge in [-0.25, -0.2) is 8.42 Å². The smallest absolute Gasteiger partial charge is 0.186 e. The van der Waals surface area contributed by atoms with Crippen LogP contribution in [0.25, 0.3) is 0 Å². The first kappa shape index (κ1) is 15.9. The molecule has 1 heterocycles. The van der Waals surface area contributed by atoms with Crippen LogP contribution in [0.5, 0.6) is 0 Å². The summed E-state index contributed by atoms with van der Waals surface area (Å²) >= 11 is 6.17. The second-order valence-corrected chi connectivity index (χ2v) is 7.30. The molecular formula is C14H18ClN3O2S. The van der Waals surface area contributed by atoms with Crippen LogP contribution in [0.3, 0.4) is 0 Å². The van der Waals surface area contributed by atoms with Crippen LogP contribution in [0.4, 0.5) is 5.69 Å². The monoisotopic (exact) mass is 327 g/mol. The van der Waals surface area contributed by atoms with Gasteiger partial charge in [-0.15, -0.1) is 0 Å². The normalized spacial score (nSPS) is 11.8. The van der Waals surface area contributed by atoms with Gasteiger partial charge in [-0.2, -0.15) is 5.10 Å². The summed E-state index contributed by atoms with van der Waals surface area (Å²) < 4.78 is 26.8. The molecule has 0 spiro atoms. The van der Waals surface area contributed by atoms with Crippen LogP contribution in [0, 0.1) is 13.8 Å². The fourth-order valence-corrected chi connectivity index (χ4v) is 4.00. The Hall–Kier alpha value is -1.53. The Balaban J connectivity index is 2.47. The Morgan fingerprint density at radius 2 is 2.00 bits per heavy atom. The summed E-state index contributed by atoms with van der Waals surface area (Å²) in [4.78, 5) is 0.130. The molecule has 1 aromatic heterocycles. The number of hydrogen-bond donors (Lipinski definition) is 1. The van der Waals surface area contributed by atoms with Crippen molar-refractivity contribution in [3.05, 3.63) is 40.2 Å². The summed E-state index contributed by atoms with van der Waals surface area (Å²) in [5.74, 6) is -0.215. The van der Waals surface area contributed by atoms with E-state index in [2.05, 4.69) is 5.10 Å². The fraction of sp³-hybridized carbons (Fsp3) is 0.357. The first-order valence-corrected chi connectivity index (χ1v) is 8.60. The van der Waals surface area contributed by atoms with Gasteiger partial charge in [0, 0.05) is 6.54 Å². The van der Waals surface area contributed by atoms with Gasteiger partial charge >= 0.3 is 0 Å². The van der Waals surface area contributed by atoms with Gasteiger partial charge in [-0.1, -0.05) is 17.7 Å². The van der Waals surface area contributed by atoms with Gasteiger partial charge in [0.25, 0.3) is 0 Å². The summed E-state index contributed by atoms with van der Waals surface area (Å²) in [5, 5.41) is 4.63. The van der Waals surface area contributed by atoms with Crippen molar-refractivity contribution in [1.82, 2.24) is 9.78 Å². The van der Waals surface area contributed by atoms with Crippen LogP contribution >= 0.6 is 11.6 Å². The average Bonchev–Trinajstić information content (AvgIpc) is 2.65. The van der Waals surface area contributed by atoms with E-state index in [9.17, 15) is 8.42 Å². The molecule has 0 aliphatic rings. The standard InChI is InChI=1S/C14H18ClN3O2S/c1-4-18-12(14(15)10(3)17-18)8-21(19,20)13-6-5-9(2)7-11(13)16/h5-7H,4,8,16H2,1-3H3. The van der Waals surface area contributed by atoms with Crippen molar-refractivity contribution in [2.45, 2.75) is 38.0 Å². The number of rotatable bonds is 4. The van der Waals surface area contributed by atoms with Crippen molar-refractivity contribution in [2.75, 3.05) is 5.73 Å². The minimum Gasteiger partial charge on any atom is -0.398 e. The molecule has 0 aliphatic heterocycles. The zero-order chi connectivity index (χ0) is 15.8. The van der Waals surface area contributed by atoms with Crippen LogP contribution in [-0.4, -0.2) is 18.2 Å². The highest BCUT2D eigenvalue weighted by molar-refractivity contribution is 7.90. The summed E-state index contributed by atoms with van der Waals surface area (Å²) in [6, 6.07) is 4.91. The zero-order valence-corrected chi connectivity index (χ0v) is 13.8. The van der Waals surface area contributed by atoms with E-state index in [1.54, 1.807) is 23.7 Å². The lowest BCUT2D eigenvalue weighted by Crippen LogP contribution is -2.12. The number of nitrogens with two attached hydrogens (primary N) is 1. The maximum Gasteiger partial charge on any atom is 0.186 e. The molecule has 7 heteroatoms. The molecule has 2 aromatic rings. The predicted octanol–water partition coefficient (Wildman–Crippen LogP) is 2.73. The Morgan fingerprint density at radius 1 is 1.33 bits per heavy atom. The van der Waals surface area contributed by atoms with Gasteiger partial charge in [-0.05, 0) is 38.5 Å². The van der Waals surface area contributed by atoms with Crippen molar-refractivity contribution < 1.29 is 8.42 Å². The highest BCUT2D eigenvalue weighted by atomic mass is 35.5. The summed E-state index contributed by atoms with van der Waals surface area (Å²) in [5.41, 5.74) is 8.13. The minimum atomic E-state index is -3.57. The Morgan fingerprint density at radius 3 is 2.57 bits per heavy atom. The van der Waals surface area contributed by atoms with Crippen LogP contribution in [-0.2, 0) is 22.1 Å². The lowest BCUT2D eigenvalue weighted by Gasteiger charge is -2.10. The van der Waals surface area contributed by atoms with Gasteiger partial charge in [0.2, 0.25) is 0 Å². The summed E-state index contributed by atoms with van der Waals surface area (Å²) in [7, 11) is -3.57. The van der Waals surface area contributed by atoms with Crippen LogP contribution in [0.15, 0.2) is 23.1 Å². The van der Waals surface area contributed by atoms with Crippen molar-refractivity contribution in [3.8, 4) is 0 Å². The van der Waals surface area contributed by atoms with Gasteiger partial charge in [-0.3, -0.25) is 4.68 Å². The summed E-state index contributed by atoms with van der Waals surface area (Å²) in [6.45, 7) is 6.06. The Labute approximate surface area is 129 Å². The van der Waals surface area contributed by atoms with Gasteiger partial charge in [0.05, 0.1) is 32.7 Å². The zero-order valence-electron chi connectivity index (χ0n) is 12.2. The highest BCUT2D eigenvalue weighted by Crippen LogP contribution is 2.28. The second kappa shape index (κ2) is 5.69. The van der Waals surface area contributed by atoms with Gasteiger partial charge in [0.15, 0.2) is 9.84 Å². The first-order valence-electron chi connectivity index (χ1n) is 6.57. The molecule has 0 atom stereocenters. The molecule has 0 amide bonds. The quantitative estimate of drug-likeness (QED) is 0.876. The molecule has 0 unspecified atom stereocenters. The molecule has 0 radical (unpaired) electrons. The van der Waals surface area contributed by atoms with Crippen molar-refractivity contribution in [2.24, 2.45) is 0 Å². The molecule has 0 aliphatic carbocycles. The molecule has 114 valence electrons. The average molecular weight is 328 g/mol. The van der Waals surface area contributed by atoms with E-state index in [1.807, 2.05) is 13.8 Å². The molecule has 0 saturated heterocycles. The second-order valence-electron chi connectivity index (χ2n) is 4.96. The van der Waals surface area contributed by atoms with Gasteiger partial charge in [0.1, 0.15) is 0 Å². The molecule has 2 rings (SSSR count). The molecule has 5 nitrogen and oxygen atoms in total. The molecule has 0 bridgehead atoms. The Kier molecular flexibility index (Phi) is 4.30. The van der Waals surface area contributed by atoms with E-state index in [4.69, 9.17) is 17.3 Å². The molecule has 2 N–H and O–H groups in total. The number of nitrogen functional groups attached to an aromatic ring is 1. The van der Waals surface area contributed by atoms with Crippen LogP contribution in [0.1, 0.15) is 23.9 Å². The fourth-order valence-electron chi connectivity index (χ4n) is 2.22.